The molecule has 2 heterocycles. The Morgan fingerprint density at radius 3 is 2.46 bits per heavy atom. The normalized spacial score (nSPS) is 12.4. The lowest BCUT2D eigenvalue weighted by atomic mass is 9.90. The van der Waals surface area contributed by atoms with Gasteiger partial charge in [0.05, 0.1) is 28.8 Å². The highest BCUT2D eigenvalue weighted by Gasteiger charge is 2.26. The summed E-state index contributed by atoms with van der Waals surface area (Å²) in [4.78, 5) is 21.2. The number of carbonyl (C=O) groups is 1. The van der Waals surface area contributed by atoms with Crippen LogP contribution in [0.3, 0.4) is 0 Å². The van der Waals surface area contributed by atoms with E-state index in [1.54, 1.807) is 6.07 Å². The lowest BCUT2D eigenvalue weighted by Gasteiger charge is -2.19. The number of halogens is 5. The molecule has 0 fully saturated rings. The fourth-order valence-corrected chi connectivity index (χ4v) is 3.88. The number of hydrogen-bond acceptors (Lipinski definition) is 4. The van der Waals surface area contributed by atoms with Crippen LogP contribution in [-0.2, 0) is 0 Å². The van der Waals surface area contributed by atoms with Crippen molar-refractivity contribution in [1.29, 1.82) is 0 Å². The number of hydrogen-bond donors (Lipinski definition) is 2. The van der Waals surface area contributed by atoms with Crippen molar-refractivity contribution in [3.63, 3.8) is 0 Å². The molecule has 2 aromatic heterocycles. The summed E-state index contributed by atoms with van der Waals surface area (Å²) in [6, 6.07) is 7.74. The highest BCUT2D eigenvalue weighted by atomic mass is 19.4. The van der Waals surface area contributed by atoms with Crippen LogP contribution >= 0.6 is 0 Å². The molecule has 1 amide bonds. The fourth-order valence-electron chi connectivity index (χ4n) is 3.88. The summed E-state index contributed by atoms with van der Waals surface area (Å²) in [5, 5.41) is 2.69. The van der Waals surface area contributed by atoms with E-state index >= 15 is 0 Å². The molecule has 1 aromatic carbocycles. The molecule has 3 N–H and O–H groups in total. The summed E-state index contributed by atoms with van der Waals surface area (Å²) in [7, 11) is 0. The van der Waals surface area contributed by atoms with Crippen molar-refractivity contribution in [2.45, 2.75) is 51.1 Å². The molecular weight excluding hydrogens is 467 g/mol. The van der Waals surface area contributed by atoms with Crippen molar-refractivity contribution in [3.8, 4) is 11.3 Å². The number of aromatic nitrogens is 2. The molecule has 35 heavy (non-hydrogen) atoms. The van der Waals surface area contributed by atoms with E-state index < -0.39 is 30.1 Å². The largest absolute Gasteiger partial charge is 0.397 e. The van der Waals surface area contributed by atoms with Crippen LogP contribution in [0.1, 0.15) is 61.0 Å². The number of nitrogens with zero attached hydrogens (tertiary/aromatic N) is 2. The molecule has 0 bridgehead atoms. The second-order valence-electron chi connectivity index (χ2n) is 8.11. The number of benzene rings is 1. The average molecular weight is 492 g/mol. The molecule has 0 saturated heterocycles. The summed E-state index contributed by atoms with van der Waals surface area (Å²) in [5.41, 5.74) is 6.31. The molecule has 5 nitrogen and oxygen atoms in total. The van der Waals surface area contributed by atoms with E-state index in [-0.39, 0.29) is 35.0 Å². The zero-order valence-electron chi connectivity index (χ0n) is 19.0. The van der Waals surface area contributed by atoms with Crippen LogP contribution in [-0.4, -0.2) is 22.1 Å². The maximum absolute atomic E-state index is 14.2. The number of rotatable bonds is 9. The number of alkyl halides is 3. The van der Waals surface area contributed by atoms with Gasteiger partial charge in [-0.05, 0) is 61.1 Å². The quantitative estimate of drug-likeness (QED) is 0.252. The minimum atomic E-state index is -4.19. The predicted molar refractivity (Wildman–Crippen MR) is 124 cm³/mol. The first-order valence-corrected chi connectivity index (χ1v) is 11.1. The van der Waals surface area contributed by atoms with Crippen LogP contribution in [0.5, 0.6) is 0 Å². The summed E-state index contributed by atoms with van der Waals surface area (Å²) in [6.45, 7) is 1.91. The molecule has 3 rings (SSSR count). The zero-order valence-corrected chi connectivity index (χ0v) is 19.0. The van der Waals surface area contributed by atoms with Crippen LogP contribution in [0.25, 0.3) is 11.3 Å². The lowest BCUT2D eigenvalue weighted by Crippen LogP contribution is -2.18. The Morgan fingerprint density at radius 1 is 1.09 bits per heavy atom. The Morgan fingerprint density at radius 2 is 1.80 bits per heavy atom. The Hall–Kier alpha value is -3.56. The maximum atomic E-state index is 14.2. The Balaban J connectivity index is 1.82. The van der Waals surface area contributed by atoms with Gasteiger partial charge >= 0.3 is 6.18 Å². The average Bonchev–Trinajstić information content (AvgIpc) is 2.80. The molecular formula is C25H25F5N4O. The minimum absolute atomic E-state index is 0.00706. The van der Waals surface area contributed by atoms with E-state index in [0.29, 0.717) is 24.9 Å². The number of carbonyl (C=O) groups excluding carboxylic acids is 1. The summed E-state index contributed by atoms with van der Waals surface area (Å²) >= 11 is 0. The standard InChI is InChI=1S/C25H25F5N4O/c1-2-15(6-3-4-12-25(28,29)30)16-11-13-32-14-21(16)34-24(35)23-19(31)9-10-20(33-23)22-17(26)7-5-8-18(22)27/h5,7-11,13-15H,2-4,6,12,31H2,1H3,(H,34,35)/t15-/m1/s1. The van der Waals surface area contributed by atoms with Gasteiger partial charge in [0.15, 0.2) is 5.69 Å². The first-order chi connectivity index (χ1) is 16.6. The molecule has 0 radical (unpaired) electrons. The van der Waals surface area contributed by atoms with Crippen LogP contribution in [0, 0.1) is 11.6 Å². The molecule has 186 valence electrons. The van der Waals surface area contributed by atoms with Crippen molar-refractivity contribution >= 4 is 17.3 Å². The summed E-state index contributed by atoms with van der Waals surface area (Å²) in [6.07, 6.45) is -0.522. The monoisotopic (exact) mass is 492 g/mol. The van der Waals surface area contributed by atoms with Gasteiger partial charge in [0.2, 0.25) is 0 Å². The Labute approximate surface area is 199 Å². The smallest absolute Gasteiger partial charge is 0.389 e. The van der Waals surface area contributed by atoms with E-state index in [0.717, 1.165) is 17.7 Å². The lowest BCUT2D eigenvalue weighted by molar-refractivity contribution is -0.135. The van der Waals surface area contributed by atoms with E-state index in [4.69, 9.17) is 5.73 Å². The van der Waals surface area contributed by atoms with Crippen LogP contribution in [0.4, 0.5) is 33.3 Å². The van der Waals surface area contributed by atoms with Gasteiger partial charge in [-0.3, -0.25) is 9.78 Å². The van der Waals surface area contributed by atoms with E-state index in [2.05, 4.69) is 15.3 Å². The molecule has 0 aliphatic heterocycles. The molecule has 10 heteroatoms. The number of pyridine rings is 2. The SMILES string of the molecule is CC[C@H](CCCCC(F)(F)F)c1ccncc1NC(=O)c1nc(-c2c(F)cccc2F)ccc1N. The predicted octanol–water partition coefficient (Wildman–Crippen LogP) is 6.87. The number of anilines is 2. The Bertz CT molecular complexity index is 1160. The van der Waals surface area contributed by atoms with Crippen molar-refractivity contribution in [1.82, 2.24) is 9.97 Å². The fraction of sp³-hybridized carbons (Fsp3) is 0.320. The molecule has 0 spiro atoms. The third-order valence-electron chi connectivity index (χ3n) is 5.66. The van der Waals surface area contributed by atoms with Gasteiger partial charge in [-0.1, -0.05) is 19.4 Å². The van der Waals surface area contributed by atoms with Crippen LogP contribution in [0.2, 0.25) is 0 Å². The molecule has 0 aliphatic rings. The summed E-state index contributed by atoms with van der Waals surface area (Å²) in [5.74, 6) is -2.48. The summed E-state index contributed by atoms with van der Waals surface area (Å²) < 4.78 is 65.8. The van der Waals surface area contributed by atoms with E-state index in [1.165, 1.54) is 30.6 Å². The highest BCUT2D eigenvalue weighted by Crippen LogP contribution is 2.33. The number of nitrogens with two attached hydrogens (primary N) is 1. The van der Waals surface area contributed by atoms with Crippen LogP contribution < -0.4 is 11.1 Å². The van der Waals surface area contributed by atoms with Crippen molar-refractivity contribution in [3.05, 3.63) is 71.7 Å². The zero-order chi connectivity index (χ0) is 25.6. The van der Waals surface area contributed by atoms with Gasteiger partial charge in [0.1, 0.15) is 11.6 Å². The van der Waals surface area contributed by atoms with Crippen molar-refractivity contribution < 1.29 is 26.7 Å². The van der Waals surface area contributed by atoms with Gasteiger partial charge in [-0.25, -0.2) is 13.8 Å². The Kier molecular flexibility index (Phi) is 8.37. The van der Waals surface area contributed by atoms with Gasteiger partial charge < -0.3 is 11.1 Å². The first-order valence-electron chi connectivity index (χ1n) is 11.1. The number of nitrogen functional groups attached to an aromatic ring is 1. The second-order valence-corrected chi connectivity index (χ2v) is 8.11. The first kappa shape index (κ1) is 26.1. The molecule has 0 saturated carbocycles. The van der Waals surface area contributed by atoms with E-state index in [1.807, 2.05) is 6.92 Å². The van der Waals surface area contributed by atoms with Gasteiger partial charge in [0.25, 0.3) is 5.91 Å². The van der Waals surface area contributed by atoms with Gasteiger partial charge in [0, 0.05) is 12.6 Å². The molecule has 0 unspecified atom stereocenters. The molecule has 1 atom stereocenters. The number of unbranched alkanes of at least 4 members (excludes halogenated alkanes) is 1. The van der Waals surface area contributed by atoms with E-state index in [9.17, 15) is 26.7 Å². The number of amides is 1. The topological polar surface area (TPSA) is 80.9 Å². The van der Waals surface area contributed by atoms with Crippen molar-refractivity contribution in [2.24, 2.45) is 0 Å². The molecule has 0 aliphatic carbocycles. The van der Waals surface area contributed by atoms with Gasteiger partial charge in [-0.15, -0.1) is 0 Å². The third kappa shape index (κ3) is 6.74. The van der Waals surface area contributed by atoms with Gasteiger partial charge in [-0.2, -0.15) is 13.2 Å². The van der Waals surface area contributed by atoms with Crippen molar-refractivity contribution in [2.75, 3.05) is 11.1 Å². The third-order valence-corrected chi connectivity index (χ3v) is 5.66. The minimum Gasteiger partial charge on any atom is -0.397 e. The maximum Gasteiger partial charge on any atom is 0.389 e. The number of nitrogens with one attached hydrogen (secondary N) is 1. The second kappa shape index (κ2) is 11.2. The highest BCUT2D eigenvalue weighted by molar-refractivity contribution is 6.06. The van der Waals surface area contributed by atoms with Crippen LogP contribution in [0.15, 0.2) is 48.8 Å². The molecule has 3 aromatic rings.